The van der Waals surface area contributed by atoms with E-state index in [1.54, 1.807) is 20.7 Å². The van der Waals surface area contributed by atoms with Crippen molar-refractivity contribution in [3.05, 3.63) is 75.0 Å². The molecule has 158 valence electrons. The quantitative estimate of drug-likeness (QED) is 0.565. The third-order valence-electron chi connectivity index (χ3n) is 5.58. The Labute approximate surface area is 188 Å². The van der Waals surface area contributed by atoms with Crippen molar-refractivity contribution in [2.24, 2.45) is 0 Å². The predicted molar refractivity (Wildman–Crippen MR) is 114 cm³/mol. The van der Waals surface area contributed by atoms with Crippen LogP contribution in [-0.4, -0.2) is 54.5 Å². The topological polar surface area (TPSA) is 84.2 Å². The Hall–Kier alpha value is -2.97. The number of carbonyl (C=O) groups is 2. The van der Waals surface area contributed by atoms with E-state index in [0.29, 0.717) is 50.4 Å². The molecule has 0 N–H and O–H groups in total. The summed E-state index contributed by atoms with van der Waals surface area (Å²) in [6, 6.07) is 7.18. The first-order valence-corrected chi connectivity index (χ1v) is 10.6. The molecule has 0 saturated heterocycles. The highest BCUT2D eigenvalue weighted by molar-refractivity contribution is 6.41. The number of hydrogen-bond acceptors (Lipinski definition) is 5. The highest BCUT2D eigenvalue weighted by Crippen LogP contribution is 2.28. The van der Waals surface area contributed by atoms with Crippen LogP contribution in [-0.2, 0) is 26.1 Å². The third-order valence-corrected chi connectivity index (χ3v) is 6.27. The van der Waals surface area contributed by atoms with Crippen LogP contribution in [0, 0.1) is 0 Å². The zero-order valence-corrected chi connectivity index (χ0v) is 18.0. The molecule has 2 amide bonds. The summed E-state index contributed by atoms with van der Waals surface area (Å²) in [5.41, 5.74) is 3.44. The lowest BCUT2D eigenvalue weighted by molar-refractivity contribution is 0.0668. The number of fused-ring (bicyclic) bond motifs is 3. The first kappa shape index (κ1) is 20.0. The third kappa shape index (κ3) is 3.66. The van der Waals surface area contributed by atoms with Crippen LogP contribution in [0.3, 0.4) is 0 Å². The molecule has 3 aromatic rings. The van der Waals surface area contributed by atoms with E-state index in [0.717, 1.165) is 17.0 Å². The van der Waals surface area contributed by atoms with Gasteiger partial charge in [-0.3, -0.25) is 19.3 Å². The molecular formula is C21H18Cl2N6O2. The number of aromatic nitrogens is 4. The fourth-order valence-corrected chi connectivity index (χ4v) is 4.30. The van der Waals surface area contributed by atoms with Gasteiger partial charge >= 0.3 is 0 Å². The van der Waals surface area contributed by atoms with Gasteiger partial charge in [0.25, 0.3) is 11.8 Å². The molecular weight excluding hydrogens is 439 g/mol. The number of halogens is 2. The van der Waals surface area contributed by atoms with E-state index >= 15 is 0 Å². The Kier molecular flexibility index (Phi) is 5.11. The molecule has 0 bridgehead atoms. The molecule has 0 unspecified atom stereocenters. The van der Waals surface area contributed by atoms with Crippen LogP contribution in [0.25, 0.3) is 0 Å². The predicted octanol–water partition coefficient (Wildman–Crippen LogP) is 2.83. The summed E-state index contributed by atoms with van der Waals surface area (Å²) in [7, 11) is 0. The minimum absolute atomic E-state index is 0.0869. The van der Waals surface area contributed by atoms with Gasteiger partial charge in [0.1, 0.15) is 10.8 Å². The zero-order valence-electron chi connectivity index (χ0n) is 16.5. The maximum absolute atomic E-state index is 13.3. The largest absolute Gasteiger partial charge is 0.334 e. The molecule has 31 heavy (non-hydrogen) atoms. The molecule has 2 aliphatic rings. The van der Waals surface area contributed by atoms with E-state index < -0.39 is 0 Å². The number of rotatable bonds is 3. The van der Waals surface area contributed by atoms with E-state index in [4.69, 9.17) is 23.2 Å². The number of hydrogen-bond donors (Lipinski definition) is 0. The van der Waals surface area contributed by atoms with Crippen molar-refractivity contribution in [1.82, 2.24) is 29.5 Å². The van der Waals surface area contributed by atoms with Crippen molar-refractivity contribution in [3.8, 4) is 0 Å². The fourth-order valence-electron chi connectivity index (χ4n) is 4.03. The Balaban J connectivity index is 1.40. The average Bonchev–Trinajstić information content (AvgIpc) is 3.16. The summed E-state index contributed by atoms with van der Waals surface area (Å²) in [6.07, 6.45) is 3.72. The summed E-state index contributed by atoms with van der Waals surface area (Å²) in [6.45, 7) is 2.45. The van der Waals surface area contributed by atoms with Crippen molar-refractivity contribution in [2.75, 3.05) is 13.1 Å². The first-order chi connectivity index (χ1) is 15.0. The van der Waals surface area contributed by atoms with Crippen LogP contribution in [0.5, 0.6) is 0 Å². The van der Waals surface area contributed by atoms with E-state index in [2.05, 4.69) is 15.1 Å². The summed E-state index contributed by atoms with van der Waals surface area (Å²) < 4.78 is 1.77. The van der Waals surface area contributed by atoms with Gasteiger partial charge in [-0.05, 0) is 18.2 Å². The normalized spacial score (nSPS) is 15.6. The van der Waals surface area contributed by atoms with Gasteiger partial charge in [-0.25, -0.2) is 4.98 Å². The van der Waals surface area contributed by atoms with Gasteiger partial charge in [-0.15, -0.1) is 0 Å². The maximum Gasteiger partial charge on any atom is 0.272 e. The van der Waals surface area contributed by atoms with Gasteiger partial charge in [-0.2, -0.15) is 5.10 Å². The van der Waals surface area contributed by atoms with Crippen LogP contribution >= 0.6 is 23.2 Å². The molecule has 0 spiro atoms. The lowest BCUT2D eigenvalue weighted by Gasteiger charge is -2.30. The molecule has 2 aliphatic heterocycles. The lowest BCUT2D eigenvalue weighted by atomic mass is 10.0. The molecule has 8 nitrogen and oxygen atoms in total. The Morgan fingerprint density at radius 1 is 1.13 bits per heavy atom. The van der Waals surface area contributed by atoms with Gasteiger partial charge in [-0.1, -0.05) is 29.3 Å². The smallest absolute Gasteiger partial charge is 0.272 e. The highest BCUT2D eigenvalue weighted by Gasteiger charge is 2.35. The van der Waals surface area contributed by atoms with Gasteiger partial charge in [0.2, 0.25) is 0 Å². The number of carbonyl (C=O) groups excluding carboxylic acids is 2. The van der Waals surface area contributed by atoms with Crippen molar-refractivity contribution in [1.29, 1.82) is 0 Å². The SMILES string of the molecule is O=C(c1cnc(Cl)c(Cl)c1)N1CCc2nn3c(c2C1)C(=O)N(Cc1ccccn1)CC3. The van der Waals surface area contributed by atoms with Crippen molar-refractivity contribution < 1.29 is 9.59 Å². The summed E-state index contributed by atoms with van der Waals surface area (Å²) in [5, 5.41) is 5.03. The van der Waals surface area contributed by atoms with Gasteiger partial charge in [0, 0.05) is 37.5 Å². The summed E-state index contributed by atoms with van der Waals surface area (Å²) in [5.74, 6) is -0.290. The molecule has 0 atom stereocenters. The Morgan fingerprint density at radius 2 is 2.00 bits per heavy atom. The van der Waals surface area contributed by atoms with Crippen LogP contribution in [0.15, 0.2) is 36.7 Å². The van der Waals surface area contributed by atoms with E-state index in [-0.39, 0.29) is 22.0 Å². The molecule has 5 heterocycles. The second-order valence-electron chi connectivity index (χ2n) is 7.52. The van der Waals surface area contributed by atoms with Crippen LogP contribution in [0.4, 0.5) is 0 Å². The minimum Gasteiger partial charge on any atom is -0.334 e. The molecule has 0 saturated carbocycles. The summed E-state index contributed by atoms with van der Waals surface area (Å²) >= 11 is 11.9. The average molecular weight is 457 g/mol. The van der Waals surface area contributed by atoms with E-state index in [1.807, 2.05) is 18.2 Å². The molecule has 0 aromatic carbocycles. The fraction of sp³-hybridized carbons (Fsp3) is 0.286. The van der Waals surface area contributed by atoms with Crippen molar-refractivity contribution in [3.63, 3.8) is 0 Å². The van der Waals surface area contributed by atoms with Gasteiger partial charge < -0.3 is 9.80 Å². The van der Waals surface area contributed by atoms with Crippen LogP contribution in [0.2, 0.25) is 10.2 Å². The Morgan fingerprint density at radius 3 is 2.77 bits per heavy atom. The number of nitrogens with zero attached hydrogens (tertiary/aromatic N) is 6. The number of pyridine rings is 2. The molecule has 0 radical (unpaired) electrons. The zero-order chi connectivity index (χ0) is 21.5. The van der Waals surface area contributed by atoms with Gasteiger partial charge in [0.15, 0.2) is 0 Å². The summed E-state index contributed by atoms with van der Waals surface area (Å²) in [4.78, 5) is 38.0. The molecule has 5 rings (SSSR count). The second-order valence-corrected chi connectivity index (χ2v) is 8.28. The molecule has 3 aromatic heterocycles. The second kappa shape index (κ2) is 7.94. The van der Waals surface area contributed by atoms with Crippen molar-refractivity contribution >= 4 is 35.0 Å². The van der Waals surface area contributed by atoms with Crippen LogP contribution < -0.4 is 0 Å². The number of amides is 2. The minimum atomic E-state index is -0.203. The molecule has 10 heteroatoms. The highest BCUT2D eigenvalue weighted by atomic mass is 35.5. The Bertz CT molecular complexity index is 1180. The lowest BCUT2D eigenvalue weighted by Crippen LogP contribution is -2.41. The molecule has 0 fully saturated rings. The monoisotopic (exact) mass is 456 g/mol. The van der Waals surface area contributed by atoms with Crippen LogP contribution in [0.1, 0.15) is 37.8 Å². The van der Waals surface area contributed by atoms with E-state index in [1.165, 1.54) is 12.3 Å². The standard InChI is InChI=1S/C21H18Cl2N6O2/c22-16-9-13(10-25-19(16)23)20(30)27-6-4-17-15(12-27)18-21(31)28(7-8-29(18)26-17)11-14-3-1-2-5-24-14/h1-3,5,9-10H,4,6-8,11-12H2. The molecule has 0 aliphatic carbocycles. The maximum atomic E-state index is 13.3. The van der Waals surface area contributed by atoms with Crippen molar-refractivity contribution in [2.45, 2.75) is 26.1 Å². The van der Waals surface area contributed by atoms with E-state index in [9.17, 15) is 9.59 Å². The van der Waals surface area contributed by atoms with Gasteiger partial charge in [0.05, 0.1) is 41.6 Å². The first-order valence-electron chi connectivity index (χ1n) is 9.89.